The minimum Gasteiger partial charge on any atom is -0.327 e. The van der Waals surface area contributed by atoms with Gasteiger partial charge in [0.2, 0.25) is 10.0 Å². The molecule has 1 atom stereocenters. The highest BCUT2D eigenvalue weighted by Gasteiger charge is 2.39. The Hall–Kier alpha value is -0.330. The van der Waals surface area contributed by atoms with Gasteiger partial charge in [0.1, 0.15) is 4.90 Å². The van der Waals surface area contributed by atoms with Crippen LogP contribution < -0.4 is 5.73 Å². The average molecular weight is 381 g/mol. The van der Waals surface area contributed by atoms with Gasteiger partial charge in [0.05, 0.1) is 5.02 Å². The van der Waals surface area contributed by atoms with Crippen molar-refractivity contribution in [3.05, 3.63) is 28.8 Å². The predicted octanol–water partition coefficient (Wildman–Crippen LogP) is 3.63. The molecule has 1 heterocycles. The van der Waals surface area contributed by atoms with Crippen molar-refractivity contribution in [1.29, 1.82) is 0 Å². The lowest BCUT2D eigenvalue weighted by atomic mass is 9.81. The van der Waals surface area contributed by atoms with E-state index < -0.39 is 10.0 Å². The van der Waals surface area contributed by atoms with E-state index in [-0.39, 0.29) is 39.7 Å². The Morgan fingerprint density at radius 1 is 1.35 bits per heavy atom. The van der Waals surface area contributed by atoms with E-state index in [1.165, 1.54) is 4.31 Å². The van der Waals surface area contributed by atoms with Crippen LogP contribution in [0.1, 0.15) is 45.6 Å². The average Bonchev–Trinajstić information content (AvgIpc) is 2.41. The van der Waals surface area contributed by atoms with Crippen LogP contribution in [-0.2, 0) is 10.0 Å². The number of benzene rings is 1. The van der Waals surface area contributed by atoms with Gasteiger partial charge >= 0.3 is 0 Å². The first-order valence-corrected chi connectivity index (χ1v) is 9.42. The summed E-state index contributed by atoms with van der Waals surface area (Å²) in [4.78, 5) is 0.201. The normalized spacial score (nSPS) is 22.0. The number of halogens is 2. The van der Waals surface area contributed by atoms with Crippen LogP contribution in [0, 0.1) is 5.41 Å². The van der Waals surface area contributed by atoms with Gasteiger partial charge in [0.25, 0.3) is 0 Å². The number of nitrogens with zero attached hydrogens (tertiary/aromatic N) is 1. The molecule has 1 aromatic carbocycles. The summed E-state index contributed by atoms with van der Waals surface area (Å²) in [5.74, 6) is 0.248. The van der Waals surface area contributed by atoms with Gasteiger partial charge in [-0.15, -0.1) is 12.4 Å². The van der Waals surface area contributed by atoms with Crippen molar-refractivity contribution in [3.63, 3.8) is 0 Å². The van der Waals surface area contributed by atoms with Crippen LogP contribution in [-0.4, -0.2) is 31.9 Å². The Balaban J connectivity index is 0.00000264. The highest BCUT2D eigenvalue weighted by molar-refractivity contribution is 7.89. The molecule has 1 aliphatic heterocycles. The molecule has 1 unspecified atom stereocenters. The van der Waals surface area contributed by atoms with E-state index in [1.54, 1.807) is 12.1 Å². The molecule has 0 spiro atoms. The first-order valence-electron chi connectivity index (χ1n) is 7.61. The Morgan fingerprint density at radius 2 is 1.96 bits per heavy atom. The molecular weight excluding hydrogens is 355 g/mol. The van der Waals surface area contributed by atoms with E-state index >= 15 is 0 Å². The topological polar surface area (TPSA) is 63.4 Å². The standard InChI is InChI=1S/C16H25ClN2O2S.ClH/c1-11(2)12-5-6-13(17)14(9-12)22(20,21)19-8-7-15(18)16(3,4)10-19;/h5-6,9,11,15H,7-8,10,18H2,1-4H3;1H. The lowest BCUT2D eigenvalue weighted by Crippen LogP contribution is -2.53. The first kappa shape index (κ1) is 20.7. The molecular formula is C16H26Cl2N2O2S. The van der Waals surface area contributed by atoms with Gasteiger partial charge in [-0.2, -0.15) is 4.31 Å². The van der Waals surface area contributed by atoms with Crippen molar-refractivity contribution in [2.45, 2.75) is 51.0 Å². The lowest BCUT2D eigenvalue weighted by Gasteiger charge is -2.41. The van der Waals surface area contributed by atoms with Gasteiger partial charge in [-0.1, -0.05) is 45.4 Å². The van der Waals surface area contributed by atoms with Crippen molar-refractivity contribution in [1.82, 2.24) is 4.31 Å². The zero-order valence-corrected chi connectivity index (χ0v) is 16.4. The summed E-state index contributed by atoms with van der Waals surface area (Å²) in [6.07, 6.45) is 0.660. The second-order valence-electron chi connectivity index (χ2n) is 7.07. The van der Waals surface area contributed by atoms with Crippen molar-refractivity contribution >= 4 is 34.0 Å². The van der Waals surface area contributed by atoms with E-state index in [1.807, 2.05) is 33.8 Å². The van der Waals surface area contributed by atoms with Crippen LogP contribution in [0.5, 0.6) is 0 Å². The number of sulfonamides is 1. The summed E-state index contributed by atoms with van der Waals surface area (Å²) < 4.78 is 27.5. The highest BCUT2D eigenvalue weighted by atomic mass is 35.5. The Bertz CT molecular complexity index is 660. The molecule has 2 N–H and O–H groups in total. The first-order chi connectivity index (χ1) is 10.1. The molecule has 0 amide bonds. The number of piperidine rings is 1. The molecule has 132 valence electrons. The second kappa shape index (κ2) is 7.28. The zero-order valence-electron chi connectivity index (χ0n) is 14.0. The molecule has 0 saturated carbocycles. The fourth-order valence-electron chi connectivity index (χ4n) is 2.75. The van der Waals surface area contributed by atoms with Gasteiger partial charge < -0.3 is 5.73 Å². The summed E-state index contributed by atoms with van der Waals surface area (Å²) in [6, 6.07) is 5.26. The monoisotopic (exact) mass is 380 g/mol. The lowest BCUT2D eigenvalue weighted by molar-refractivity contribution is 0.155. The van der Waals surface area contributed by atoms with E-state index in [0.29, 0.717) is 19.5 Å². The van der Waals surface area contributed by atoms with Crippen molar-refractivity contribution in [2.75, 3.05) is 13.1 Å². The molecule has 7 heteroatoms. The third kappa shape index (κ3) is 4.20. The third-order valence-electron chi connectivity index (χ3n) is 4.52. The van der Waals surface area contributed by atoms with Crippen molar-refractivity contribution < 1.29 is 8.42 Å². The SMILES string of the molecule is CC(C)c1ccc(Cl)c(S(=O)(=O)N2CCC(N)C(C)(C)C2)c1.Cl. The van der Waals surface area contributed by atoms with Gasteiger partial charge in [-0.3, -0.25) is 0 Å². The number of hydrogen-bond donors (Lipinski definition) is 1. The molecule has 0 bridgehead atoms. The highest BCUT2D eigenvalue weighted by Crippen LogP contribution is 2.34. The fraction of sp³-hybridized carbons (Fsp3) is 0.625. The van der Waals surface area contributed by atoms with Crippen LogP contribution >= 0.6 is 24.0 Å². The number of nitrogens with two attached hydrogens (primary N) is 1. The molecule has 23 heavy (non-hydrogen) atoms. The van der Waals surface area contributed by atoms with E-state index in [9.17, 15) is 8.42 Å². The molecule has 1 saturated heterocycles. The molecule has 0 radical (unpaired) electrons. The fourth-order valence-corrected chi connectivity index (χ4v) is 4.88. The van der Waals surface area contributed by atoms with Gasteiger partial charge in [-0.25, -0.2) is 8.42 Å². The molecule has 1 aliphatic rings. The van der Waals surface area contributed by atoms with E-state index in [4.69, 9.17) is 17.3 Å². The quantitative estimate of drug-likeness (QED) is 0.870. The molecule has 4 nitrogen and oxygen atoms in total. The maximum Gasteiger partial charge on any atom is 0.244 e. The molecule has 1 aromatic rings. The van der Waals surface area contributed by atoms with Crippen LogP contribution in [0.3, 0.4) is 0 Å². The summed E-state index contributed by atoms with van der Waals surface area (Å²) in [5.41, 5.74) is 6.83. The van der Waals surface area contributed by atoms with Gasteiger partial charge in [-0.05, 0) is 35.4 Å². The summed E-state index contributed by atoms with van der Waals surface area (Å²) in [6.45, 7) is 8.93. The van der Waals surface area contributed by atoms with Crippen molar-refractivity contribution in [2.24, 2.45) is 11.1 Å². The Morgan fingerprint density at radius 3 is 2.48 bits per heavy atom. The van der Waals surface area contributed by atoms with E-state index in [0.717, 1.165) is 5.56 Å². The second-order valence-corrected chi connectivity index (χ2v) is 9.38. The third-order valence-corrected chi connectivity index (χ3v) is 6.84. The van der Waals surface area contributed by atoms with Crippen LogP contribution in [0.2, 0.25) is 5.02 Å². The maximum absolute atomic E-state index is 13.0. The molecule has 0 aromatic heterocycles. The minimum absolute atomic E-state index is 0. The van der Waals surface area contributed by atoms with Crippen molar-refractivity contribution in [3.8, 4) is 0 Å². The van der Waals surface area contributed by atoms with Gasteiger partial charge in [0, 0.05) is 19.1 Å². The molecule has 2 rings (SSSR count). The van der Waals surface area contributed by atoms with Crippen LogP contribution in [0.4, 0.5) is 0 Å². The molecule has 1 fully saturated rings. The van der Waals surface area contributed by atoms with Gasteiger partial charge in [0.15, 0.2) is 0 Å². The largest absolute Gasteiger partial charge is 0.327 e. The summed E-state index contributed by atoms with van der Waals surface area (Å²) in [5, 5.41) is 0.275. The zero-order chi connectivity index (χ0) is 16.7. The molecule has 0 aliphatic carbocycles. The van der Waals surface area contributed by atoms with Crippen LogP contribution in [0.15, 0.2) is 23.1 Å². The Labute approximate surface area is 150 Å². The summed E-state index contributed by atoms with van der Waals surface area (Å²) >= 11 is 6.17. The predicted molar refractivity (Wildman–Crippen MR) is 97.9 cm³/mol. The number of rotatable bonds is 3. The Kier molecular flexibility index (Phi) is 6.55. The summed E-state index contributed by atoms with van der Waals surface area (Å²) in [7, 11) is -3.60. The smallest absolute Gasteiger partial charge is 0.244 e. The van der Waals surface area contributed by atoms with E-state index in [2.05, 4.69) is 0 Å². The van der Waals surface area contributed by atoms with Crippen LogP contribution in [0.25, 0.3) is 0 Å². The number of hydrogen-bond acceptors (Lipinski definition) is 3. The minimum atomic E-state index is -3.60. The maximum atomic E-state index is 13.0.